The van der Waals surface area contributed by atoms with Crippen molar-refractivity contribution in [1.29, 1.82) is 0 Å². The molecule has 1 unspecified atom stereocenters. The lowest BCUT2D eigenvalue weighted by molar-refractivity contribution is -0.121. The summed E-state index contributed by atoms with van der Waals surface area (Å²) in [5, 5.41) is 2.86. The van der Waals surface area contributed by atoms with Gasteiger partial charge in [-0.2, -0.15) is 0 Å². The average Bonchev–Trinajstić information content (AvgIpc) is 2.71. The minimum Gasteiger partial charge on any atom is -0.375 e. The minimum atomic E-state index is -3.60. The first-order valence-corrected chi connectivity index (χ1v) is 11.7. The topological polar surface area (TPSA) is 69.7 Å². The third-order valence-electron chi connectivity index (χ3n) is 4.85. The molecule has 2 rings (SSSR count). The van der Waals surface area contributed by atoms with Crippen LogP contribution in [0.25, 0.3) is 0 Å². The van der Waals surface area contributed by atoms with Gasteiger partial charge in [-0.15, -0.1) is 0 Å². The summed E-state index contributed by atoms with van der Waals surface area (Å²) in [6.07, 6.45) is 2.75. The third kappa shape index (κ3) is 6.49. The Balaban J connectivity index is 1.94. The van der Waals surface area contributed by atoms with Crippen LogP contribution < -0.4 is 14.5 Å². The van der Waals surface area contributed by atoms with Gasteiger partial charge >= 0.3 is 0 Å². The van der Waals surface area contributed by atoms with Gasteiger partial charge in [0.05, 0.1) is 11.9 Å². The first-order chi connectivity index (χ1) is 13.7. The van der Waals surface area contributed by atoms with Crippen molar-refractivity contribution in [2.24, 2.45) is 0 Å². The zero-order chi connectivity index (χ0) is 21.4. The van der Waals surface area contributed by atoms with E-state index >= 15 is 0 Å². The number of sulfonamides is 1. The fraction of sp³-hybridized carbons (Fsp3) is 0.409. The predicted molar refractivity (Wildman–Crippen MR) is 120 cm³/mol. The van der Waals surface area contributed by atoms with Gasteiger partial charge in [0.25, 0.3) is 0 Å². The van der Waals surface area contributed by atoms with Crippen LogP contribution in [-0.2, 0) is 21.2 Å². The lowest BCUT2D eigenvalue weighted by Gasteiger charge is -2.28. The fourth-order valence-corrected chi connectivity index (χ4v) is 4.35. The van der Waals surface area contributed by atoms with Crippen molar-refractivity contribution in [3.63, 3.8) is 0 Å². The van der Waals surface area contributed by atoms with Gasteiger partial charge in [-0.05, 0) is 49.6 Å². The molecule has 0 fully saturated rings. The molecule has 2 aromatic rings. The van der Waals surface area contributed by atoms with Gasteiger partial charge in [0.15, 0.2) is 0 Å². The van der Waals surface area contributed by atoms with Gasteiger partial charge in [-0.25, -0.2) is 8.42 Å². The van der Waals surface area contributed by atoms with Crippen LogP contribution in [0.15, 0.2) is 54.6 Å². The minimum absolute atomic E-state index is 0.308. The van der Waals surface area contributed by atoms with E-state index < -0.39 is 16.1 Å². The molecule has 0 bridgehead atoms. The van der Waals surface area contributed by atoms with Crippen molar-refractivity contribution >= 4 is 27.3 Å². The molecular weight excluding hydrogens is 386 g/mol. The molecule has 0 aromatic heterocycles. The van der Waals surface area contributed by atoms with E-state index in [0.717, 1.165) is 36.9 Å². The summed E-state index contributed by atoms with van der Waals surface area (Å²) in [6, 6.07) is 16.5. The second-order valence-electron chi connectivity index (χ2n) is 7.16. The molecule has 1 atom stereocenters. The van der Waals surface area contributed by atoms with Gasteiger partial charge in [-0.1, -0.05) is 37.3 Å². The monoisotopic (exact) mass is 417 g/mol. The lowest BCUT2D eigenvalue weighted by Crippen LogP contribution is -2.48. The first kappa shape index (κ1) is 22.7. The maximum atomic E-state index is 12.6. The van der Waals surface area contributed by atoms with Crippen LogP contribution >= 0.6 is 0 Å². The van der Waals surface area contributed by atoms with Crippen molar-refractivity contribution in [3.05, 3.63) is 60.2 Å². The molecule has 158 valence electrons. The zero-order valence-corrected chi connectivity index (χ0v) is 18.4. The van der Waals surface area contributed by atoms with Crippen LogP contribution in [-0.4, -0.2) is 46.8 Å². The highest BCUT2D eigenvalue weighted by Gasteiger charge is 2.28. The van der Waals surface area contributed by atoms with Gasteiger partial charge in [0, 0.05) is 25.8 Å². The Morgan fingerprint density at radius 2 is 1.66 bits per heavy atom. The Morgan fingerprint density at radius 3 is 2.21 bits per heavy atom. The summed E-state index contributed by atoms with van der Waals surface area (Å²) in [5.74, 6) is -0.308. The molecule has 0 spiro atoms. The number of carbonyl (C=O) groups excluding carboxylic acids is 1. The van der Waals surface area contributed by atoms with Crippen molar-refractivity contribution < 1.29 is 13.2 Å². The summed E-state index contributed by atoms with van der Waals surface area (Å²) < 4.78 is 25.9. The van der Waals surface area contributed by atoms with E-state index in [1.54, 1.807) is 19.1 Å². The summed E-state index contributed by atoms with van der Waals surface area (Å²) in [6.45, 7) is 4.91. The molecule has 2 aromatic carbocycles. The summed E-state index contributed by atoms with van der Waals surface area (Å²) >= 11 is 0. The van der Waals surface area contributed by atoms with E-state index in [-0.39, 0.29) is 5.91 Å². The molecule has 29 heavy (non-hydrogen) atoms. The van der Waals surface area contributed by atoms with Crippen LogP contribution in [0.5, 0.6) is 0 Å². The lowest BCUT2D eigenvalue weighted by atomic mass is 10.1. The summed E-state index contributed by atoms with van der Waals surface area (Å²) in [5.41, 5.74) is 2.73. The number of nitrogens with zero attached hydrogens (tertiary/aromatic N) is 2. The average molecular weight is 418 g/mol. The van der Waals surface area contributed by atoms with Crippen LogP contribution in [0.2, 0.25) is 0 Å². The number of benzene rings is 2. The maximum Gasteiger partial charge on any atom is 0.243 e. The largest absolute Gasteiger partial charge is 0.375 e. The molecule has 0 saturated carbocycles. The molecule has 0 radical (unpaired) electrons. The van der Waals surface area contributed by atoms with Crippen LogP contribution in [0.1, 0.15) is 25.8 Å². The van der Waals surface area contributed by atoms with Gasteiger partial charge in [-0.3, -0.25) is 9.10 Å². The predicted octanol–water partition coefficient (Wildman–Crippen LogP) is 3.05. The fourth-order valence-electron chi connectivity index (χ4n) is 3.17. The Bertz CT molecular complexity index is 883. The molecular formula is C22H31N3O3S. The normalized spacial score (nSPS) is 12.3. The quantitative estimate of drug-likeness (QED) is 0.603. The smallest absolute Gasteiger partial charge is 0.243 e. The van der Waals surface area contributed by atoms with E-state index in [4.69, 9.17) is 0 Å². The van der Waals surface area contributed by atoms with E-state index in [1.807, 2.05) is 56.4 Å². The van der Waals surface area contributed by atoms with Crippen LogP contribution in [0, 0.1) is 0 Å². The second-order valence-corrected chi connectivity index (χ2v) is 9.02. The molecule has 0 aliphatic heterocycles. The maximum absolute atomic E-state index is 12.6. The number of rotatable bonds is 10. The molecule has 1 N–H and O–H groups in total. The number of nitrogens with one attached hydrogen (secondary N) is 1. The molecule has 0 saturated heterocycles. The number of hydrogen-bond acceptors (Lipinski definition) is 4. The summed E-state index contributed by atoms with van der Waals surface area (Å²) in [7, 11) is -1.59. The Kier molecular flexibility index (Phi) is 8.08. The van der Waals surface area contributed by atoms with Gasteiger partial charge < -0.3 is 10.2 Å². The van der Waals surface area contributed by atoms with Crippen LogP contribution in [0.4, 0.5) is 11.4 Å². The Morgan fingerprint density at radius 1 is 1.03 bits per heavy atom. The Labute approximate surface area is 174 Å². The first-order valence-electron chi connectivity index (χ1n) is 9.86. The molecule has 0 aliphatic rings. The highest BCUT2D eigenvalue weighted by molar-refractivity contribution is 7.92. The SMILES string of the molecule is CCc1ccc(N(C(C)C(=O)NCCCN(C)c2ccccc2)S(C)(=O)=O)cc1. The molecule has 0 heterocycles. The molecule has 7 heteroatoms. The number of anilines is 2. The van der Waals surface area contributed by atoms with Gasteiger partial charge in [0.2, 0.25) is 15.9 Å². The van der Waals surface area contributed by atoms with Gasteiger partial charge in [0.1, 0.15) is 6.04 Å². The van der Waals surface area contributed by atoms with E-state index in [2.05, 4.69) is 10.2 Å². The number of carbonyl (C=O) groups is 1. The Hall–Kier alpha value is -2.54. The number of amides is 1. The van der Waals surface area contributed by atoms with E-state index in [0.29, 0.717) is 12.2 Å². The second kappa shape index (κ2) is 10.3. The molecule has 0 aliphatic carbocycles. The zero-order valence-electron chi connectivity index (χ0n) is 17.6. The number of hydrogen-bond donors (Lipinski definition) is 1. The van der Waals surface area contributed by atoms with Crippen LogP contribution in [0.3, 0.4) is 0 Å². The van der Waals surface area contributed by atoms with Crippen molar-refractivity contribution in [1.82, 2.24) is 5.32 Å². The number of para-hydroxylation sites is 1. The standard InChI is InChI=1S/C22H31N3O3S/c1-5-19-12-14-21(15-13-19)25(29(4,27)28)18(2)22(26)23-16-9-17-24(3)20-10-7-6-8-11-20/h6-8,10-15,18H,5,9,16-17H2,1-4H3,(H,23,26). The summed E-state index contributed by atoms with van der Waals surface area (Å²) in [4.78, 5) is 14.7. The molecule has 1 amide bonds. The van der Waals surface area contributed by atoms with E-state index in [9.17, 15) is 13.2 Å². The highest BCUT2D eigenvalue weighted by Crippen LogP contribution is 2.21. The highest BCUT2D eigenvalue weighted by atomic mass is 32.2. The van der Waals surface area contributed by atoms with E-state index in [1.165, 1.54) is 4.31 Å². The third-order valence-corrected chi connectivity index (χ3v) is 6.10. The van der Waals surface area contributed by atoms with Crippen molar-refractivity contribution in [2.45, 2.75) is 32.7 Å². The van der Waals surface area contributed by atoms with Crippen molar-refractivity contribution in [2.75, 3.05) is 35.6 Å². The number of aryl methyl sites for hydroxylation is 1. The molecule has 6 nitrogen and oxygen atoms in total. The van der Waals surface area contributed by atoms with Crippen molar-refractivity contribution in [3.8, 4) is 0 Å².